The molecule has 0 aromatic rings. The van der Waals surface area contributed by atoms with Crippen molar-refractivity contribution in [3.63, 3.8) is 0 Å². The molecule has 0 radical (unpaired) electrons. The summed E-state index contributed by atoms with van der Waals surface area (Å²) in [4.78, 5) is 2.11. The van der Waals surface area contributed by atoms with Gasteiger partial charge in [0.05, 0.1) is 12.1 Å². The van der Waals surface area contributed by atoms with Crippen LogP contribution >= 0.6 is 0 Å². The van der Waals surface area contributed by atoms with Crippen molar-refractivity contribution in [1.82, 2.24) is 4.90 Å². The van der Waals surface area contributed by atoms with Crippen molar-refractivity contribution in [3.8, 4) is 12.1 Å². The van der Waals surface area contributed by atoms with Gasteiger partial charge in [0.25, 0.3) is 0 Å². The monoisotopic (exact) mass is 180 g/mol. The molecule has 0 unspecified atom stereocenters. The molecule has 0 saturated heterocycles. The third kappa shape index (κ3) is 7.27. The van der Waals surface area contributed by atoms with Gasteiger partial charge in [-0.1, -0.05) is 0 Å². The van der Waals surface area contributed by atoms with Crippen LogP contribution in [0.1, 0.15) is 19.3 Å². The second kappa shape index (κ2) is 8.99. The topological polar surface area (TPSA) is 76.8 Å². The van der Waals surface area contributed by atoms with Crippen LogP contribution < -0.4 is 5.73 Å². The molecule has 0 aromatic carbocycles. The van der Waals surface area contributed by atoms with Gasteiger partial charge in [-0.15, -0.1) is 0 Å². The van der Waals surface area contributed by atoms with Crippen LogP contribution in [0.15, 0.2) is 0 Å². The van der Waals surface area contributed by atoms with Crippen LogP contribution in [0.25, 0.3) is 0 Å². The Morgan fingerprint density at radius 2 is 1.54 bits per heavy atom. The van der Waals surface area contributed by atoms with E-state index in [2.05, 4.69) is 17.0 Å². The van der Waals surface area contributed by atoms with E-state index < -0.39 is 0 Å². The fraction of sp³-hybridized carbons (Fsp3) is 0.778. The van der Waals surface area contributed by atoms with E-state index in [1.807, 2.05) is 0 Å². The fourth-order valence-corrected chi connectivity index (χ4v) is 1.07. The summed E-state index contributed by atoms with van der Waals surface area (Å²) in [5, 5.41) is 16.8. The molecule has 0 aromatic heterocycles. The molecule has 0 atom stereocenters. The number of nitriles is 2. The molecule has 0 amide bonds. The molecule has 0 saturated carbocycles. The summed E-state index contributed by atoms with van der Waals surface area (Å²) in [6, 6.07) is 4.19. The first kappa shape index (κ1) is 11.9. The Balaban J connectivity index is 3.62. The van der Waals surface area contributed by atoms with Gasteiger partial charge in [0.1, 0.15) is 0 Å². The van der Waals surface area contributed by atoms with E-state index >= 15 is 0 Å². The normalized spacial score (nSPS) is 9.54. The van der Waals surface area contributed by atoms with Gasteiger partial charge in [-0.05, 0) is 19.5 Å². The number of hydrogen-bond donors (Lipinski definition) is 1. The van der Waals surface area contributed by atoms with Gasteiger partial charge in [0, 0.05) is 25.9 Å². The smallest absolute Gasteiger partial charge is 0.0635 e. The first-order valence-electron chi connectivity index (χ1n) is 4.51. The van der Waals surface area contributed by atoms with E-state index in [9.17, 15) is 0 Å². The van der Waals surface area contributed by atoms with Crippen molar-refractivity contribution in [1.29, 1.82) is 10.5 Å². The van der Waals surface area contributed by atoms with E-state index in [0.717, 1.165) is 26.1 Å². The van der Waals surface area contributed by atoms with Gasteiger partial charge in [-0.3, -0.25) is 0 Å². The predicted molar refractivity (Wildman–Crippen MR) is 50.6 cm³/mol. The Morgan fingerprint density at radius 1 is 1.00 bits per heavy atom. The second-order valence-electron chi connectivity index (χ2n) is 2.80. The van der Waals surface area contributed by atoms with Crippen LogP contribution in [0.3, 0.4) is 0 Å². The molecule has 0 aliphatic rings. The molecule has 0 aliphatic heterocycles. The van der Waals surface area contributed by atoms with Crippen molar-refractivity contribution in [2.24, 2.45) is 5.73 Å². The van der Waals surface area contributed by atoms with Gasteiger partial charge in [0.2, 0.25) is 0 Å². The maximum Gasteiger partial charge on any atom is 0.0635 e. The predicted octanol–water partition coefficient (Wildman–Crippen LogP) is 0.465. The Morgan fingerprint density at radius 3 is 1.92 bits per heavy atom. The minimum absolute atomic E-state index is 0.524. The second-order valence-corrected chi connectivity index (χ2v) is 2.80. The summed E-state index contributed by atoms with van der Waals surface area (Å²) >= 11 is 0. The molecule has 13 heavy (non-hydrogen) atoms. The fourth-order valence-electron chi connectivity index (χ4n) is 1.07. The highest BCUT2D eigenvalue weighted by molar-refractivity contribution is 4.76. The lowest BCUT2D eigenvalue weighted by Crippen LogP contribution is -2.28. The van der Waals surface area contributed by atoms with Gasteiger partial charge < -0.3 is 10.6 Å². The maximum atomic E-state index is 8.40. The van der Waals surface area contributed by atoms with Crippen LogP contribution in [0, 0.1) is 22.7 Å². The number of rotatable bonds is 7. The molecule has 0 fully saturated rings. The molecule has 4 heteroatoms. The highest BCUT2D eigenvalue weighted by atomic mass is 15.1. The van der Waals surface area contributed by atoms with Gasteiger partial charge >= 0.3 is 0 Å². The van der Waals surface area contributed by atoms with E-state index in [0.29, 0.717) is 19.4 Å². The largest absolute Gasteiger partial charge is 0.330 e. The van der Waals surface area contributed by atoms with E-state index in [-0.39, 0.29) is 0 Å². The first-order chi connectivity index (χ1) is 6.35. The lowest BCUT2D eigenvalue weighted by atomic mass is 10.3. The lowest BCUT2D eigenvalue weighted by Gasteiger charge is -2.18. The number of nitrogens with two attached hydrogens (primary N) is 1. The lowest BCUT2D eigenvalue weighted by molar-refractivity contribution is 0.284. The Bertz CT molecular complexity index is 171. The SMILES string of the molecule is N#CCCN(CCC#N)CCCN. The summed E-state index contributed by atoms with van der Waals surface area (Å²) in [7, 11) is 0. The van der Waals surface area contributed by atoms with Crippen LogP contribution in [-0.4, -0.2) is 31.1 Å². The Labute approximate surface area is 79.5 Å². The average Bonchev–Trinajstić information content (AvgIpc) is 2.17. The minimum Gasteiger partial charge on any atom is -0.330 e. The molecule has 0 rings (SSSR count). The van der Waals surface area contributed by atoms with Crippen LogP contribution in [0.5, 0.6) is 0 Å². The van der Waals surface area contributed by atoms with Crippen LogP contribution in [-0.2, 0) is 0 Å². The summed E-state index contributed by atoms with van der Waals surface area (Å²) < 4.78 is 0. The van der Waals surface area contributed by atoms with Crippen LogP contribution in [0.4, 0.5) is 0 Å². The highest BCUT2D eigenvalue weighted by Gasteiger charge is 2.02. The number of nitrogens with zero attached hydrogens (tertiary/aromatic N) is 3. The van der Waals surface area contributed by atoms with E-state index in [1.165, 1.54) is 0 Å². The number of hydrogen-bond acceptors (Lipinski definition) is 4. The molecular formula is C9H16N4. The molecule has 4 nitrogen and oxygen atoms in total. The minimum atomic E-state index is 0.524. The summed E-state index contributed by atoms with van der Waals surface area (Å²) in [6.07, 6.45) is 1.98. The molecule has 2 N–H and O–H groups in total. The molecule has 72 valence electrons. The standard InChI is InChI=1S/C9H16N4/c10-4-1-7-13(8-2-5-11)9-3-6-12/h1-4,7-10H2. The molecule has 0 spiro atoms. The Kier molecular flexibility index (Phi) is 8.23. The molecule has 0 aliphatic carbocycles. The van der Waals surface area contributed by atoms with Crippen molar-refractivity contribution in [2.75, 3.05) is 26.2 Å². The van der Waals surface area contributed by atoms with Crippen molar-refractivity contribution < 1.29 is 0 Å². The highest BCUT2D eigenvalue weighted by Crippen LogP contribution is 1.94. The zero-order chi connectivity index (χ0) is 9.94. The zero-order valence-corrected chi connectivity index (χ0v) is 7.87. The molecule has 0 heterocycles. The van der Waals surface area contributed by atoms with Gasteiger partial charge in [0.15, 0.2) is 0 Å². The maximum absolute atomic E-state index is 8.40. The summed E-state index contributed by atoms with van der Waals surface area (Å²) in [5.41, 5.74) is 5.38. The Hall–Kier alpha value is -1.10. The van der Waals surface area contributed by atoms with Gasteiger partial charge in [-0.25, -0.2) is 0 Å². The molecular weight excluding hydrogens is 164 g/mol. The quantitative estimate of drug-likeness (QED) is 0.617. The van der Waals surface area contributed by atoms with Crippen LogP contribution in [0.2, 0.25) is 0 Å². The zero-order valence-electron chi connectivity index (χ0n) is 7.87. The molecule has 0 bridgehead atoms. The third-order valence-electron chi connectivity index (χ3n) is 1.76. The summed E-state index contributed by atoms with van der Waals surface area (Å²) in [6.45, 7) is 3.05. The summed E-state index contributed by atoms with van der Waals surface area (Å²) in [5.74, 6) is 0. The first-order valence-corrected chi connectivity index (χ1v) is 4.51. The van der Waals surface area contributed by atoms with E-state index in [1.54, 1.807) is 0 Å². The van der Waals surface area contributed by atoms with Gasteiger partial charge in [-0.2, -0.15) is 10.5 Å². The van der Waals surface area contributed by atoms with Crippen molar-refractivity contribution in [2.45, 2.75) is 19.3 Å². The van der Waals surface area contributed by atoms with Crippen molar-refractivity contribution >= 4 is 0 Å². The average molecular weight is 180 g/mol. The van der Waals surface area contributed by atoms with Crippen molar-refractivity contribution in [3.05, 3.63) is 0 Å². The van der Waals surface area contributed by atoms with E-state index in [4.69, 9.17) is 16.3 Å². The third-order valence-corrected chi connectivity index (χ3v) is 1.76.